The second kappa shape index (κ2) is 17.5. The molecule has 2 unspecified atom stereocenters. The molecule has 0 aliphatic carbocycles. The fourth-order valence-corrected chi connectivity index (χ4v) is 3.87. The summed E-state index contributed by atoms with van der Waals surface area (Å²) in [5.41, 5.74) is 8.12. The number of guanidine groups is 1. The summed E-state index contributed by atoms with van der Waals surface area (Å²) in [7, 11) is 0. The lowest BCUT2D eigenvalue weighted by atomic mass is 10.1. The molecule has 0 fully saturated rings. The molecule has 0 aliphatic rings. The molecule has 5 N–H and O–H groups in total. The standard InChI is InChI=1S/C31H34N4O9/c32-28(34-30(40)43-20-23-13-6-2-7-14-23)35(31(41)44-21-24-15-8-3-9-16-24)18-10-17-25(26(36)27(37)38)33-29(39)42-19-22-11-4-1-5-12-22/h1-9,11-16,25-26,36H,10,17-21H2,(H,33,39)(H,37,38)(H2,32,34,40). The summed E-state index contributed by atoms with van der Waals surface area (Å²) in [5.74, 6) is -2.09. The zero-order valence-corrected chi connectivity index (χ0v) is 23.8. The number of nitrogens with one attached hydrogen (secondary N) is 1. The average Bonchev–Trinajstić information content (AvgIpc) is 3.04. The van der Waals surface area contributed by atoms with Crippen LogP contribution in [0.2, 0.25) is 0 Å². The van der Waals surface area contributed by atoms with Gasteiger partial charge in [0.2, 0.25) is 5.96 Å². The molecule has 3 aromatic carbocycles. The quantitative estimate of drug-likeness (QED) is 0.126. The zero-order chi connectivity index (χ0) is 31.7. The highest BCUT2D eigenvalue weighted by Crippen LogP contribution is 2.10. The Morgan fingerprint density at radius 3 is 1.75 bits per heavy atom. The highest BCUT2D eigenvalue weighted by molar-refractivity contribution is 5.97. The number of hydrogen-bond acceptors (Lipinski definition) is 8. The first-order chi connectivity index (χ1) is 21.2. The van der Waals surface area contributed by atoms with Crippen LogP contribution < -0.4 is 11.1 Å². The number of nitrogens with zero attached hydrogens (tertiary/aromatic N) is 2. The van der Waals surface area contributed by atoms with Crippen LogP contribution in [-0.4, -0.2) is 64.0 Å². The molecule has 3 aromatic rings. The van der Waals surface area contributed by atoms with E-state index in [2.05, 4.69) is 10.3 Å². The summed E-state index contributed by atoms with van der Waals surface area (Å²) >= 11 is 0. The van der Waals surface area contributed by atoms with Crippen LogP contribution in [0, 0.1) is 0 Å². The Morgan fingerprint density at radius 1 is 0.773 bits per heavy atom. The van der Waals surface area contributed by atoms with E-state index in [1.807, 2.05) is 6.07 Å². The Kier molecular flexibility index (Phi) is 13.2. The number of aliphatic carboxylic acids is 1. The van der Waals surface area contributed by atoms with Crippen molar-refractivity contribution in [2.45, 2.75) is 44.8 Å². The van der Waals surface area contributed by atoms with Gasteiger partial charge < -0.3 is 35.5 Å². The van der Waals surface area contributed by atoms with Crippen molar-refractivity contribution >= 4 is 30.2 Å². The van der Waals surface area contributed by atoms with E-state index >= 15 is 0 Å². The Labute approximate surface area is 253 Å². The number of nitrogens with two attached hydrogens (primary N) is 1. The van der Waals surface area contributed by atoms with Gasteiger partial charge in [0.1, 0.15) is 19.8 Å². The second-order valence-corrected chi connectivity index (χ2v) is 9.44. The van der Waals surface area contributed by atoms with Crippen molar-refractivity contribution in [3.8, 4) is 0 Å². The number of hydrogen-bond donors (Lipinski definition) is 4. The van der Waals surface area contributed by atoms with Crippen LogP contribution in [0.3, 0.4) is 0 Å². The van der Waals surface area contributed by atoms with Crippen molar-refractivity contribution in [1.29, 1.82) is 0 Å². The van der Waals surface area contributed by atoms with Crippen molar-refractivity contribution in [3.63, 3.8) is 0 Å². The molecule has 0 spiro atoms. The van der Waals surface area contributed by atoms with E-state index in [9.17, 15) is 29.4 Å². The van der Waals surface area contributed by atoms with Crippen LogP contribution in [0.1, 0.15) is 29.5 Å². The maximum absolute atomic E-state index is 13.0. The smallest absolute Gasteiger partial charge is 0.437 e. The lowest BCUT2D eigenvalue weighted by molar-refractivity contribution is -0.148. The Hall–Kier alpha value is -5.43. The molecular formula is C31H34N4O9. The number of aliphatic hydroxyl groups is 1. The predicted octanol–water partition coefficient (Wildman–Crippen LogP) is 3.80. The largest absolute Gasteiger partial charge is 0.479 e. The van der Waals surface area contributed by atoms with Crippen molar-refractivity contribution in [2.75, 3.05) is 6.54 Å². The number of carbonyl (C=O) groups excluding carboxylic acids is 3. The number of carbonyl (C=O) groups is 4. The summed E-state index contributed by atoms with van der Waals surface area (Å²) in [6.45, 7) is -0.456. The first-order valence-corrected chi connectivity index (χ1v) is 13.6. The molecule has 0 aromatic heterocycles. The van der Waals surface area contributed by atoms with E-state index < -0.39 is 42.4 Å². The molecule has 3 amide bonds. The van der Waals surface area contributed by atoms with E-state index in [1.165, 1.54) is 0 Å². The van der Waals surface area contributed by atoms with Gasteiger partial charge in [-0.3, -0.25) is 0 Å². The van der Waals surface area contributed by atoms with Crippen molar-refractivity contribution in [1.82, 2.24) is 10.2 Å². The molecular weight excluding hydrogens is 572 g/mol. The van der Waals surface area contributed by atoms with E-state index in [4.69, 9.17) is 19.9 Å². The number of aliphatic hydroxyl groups excluding tert-OH is 1. The van der Waals surface area contributed by atoms with Gasteiger partial charge in [-0.15, -0.1) is 4.99 Å². The van der Waals surface area contributed by atoms with Gasteiger partial charge >= 0.3 is 24.2 Å². The van der Waals surface area contributed by atoms with Crippen LogP contribution in [0.15, 0.2) is 96.0 Å². The highest BCUT2D eigenvalue weighted by atomic mass is 16.6. The monoisotopic (exact) mass is 606 g/mol. The molecule has 0 bridgehead atoms. The Balaban J connectivity index is 1.65. The molecule has 0 saturated heterocycles. The number of ether oxygens (including phenoxy) is 3. The van der Waals surface area contributed by atoms with E-state index in [1.54, 1.807) is 84.9 Å². The fraction of sp³-hybridized carbons (Fsp3) is 0.258. The maximum atomic E-state index is 13.0. The van der Waals surface area contributed by atoms with E-state index in [0.29, 0.717) is 16.7 Å². The lowest BCUT2D eigenvalue weighted by Crippen LogP contribution is -2.48. The first kappa shape index (κ1) is 33.1. The third kappa shape index (κ3) is 11.4. The number of amides is 3. The number of benzene rings is 3. The van der Waals surface area contributed by atoms with Gasteiger partial charge in [0.15, 0.2) is 6.10 Å². The summed E-state index contributed by atoms with van der Waals surface area (Å²) in [5, 5.41) is 21.9. The van der Waals surface area contributed by atoms with Crippen LogP contribution >= 0.6 is 0 Å². The maximum Gasteiger partial charge on any atom is 0.437 e. The summed E-state index contributed by atoms with van der Waals surface area (Å²) in [6.07, 6.45) is -5.02. The molecule has 44 heavy (non-hydrogen) atoms. The van der Waals surface area contributed by atoms with Gasteiger partial charge in [-0.05, 0) is 29.5 Å². The Morgan fingerprint density at radius 2 is 1.25 bits per heavy atom. The number of rotatable bonds is 13. The minimum Gasteiger partial charge on any atom is -0.479 e. The predicted molar refractivity (Wildman–Crippen MR) is 158 cm³/mol. The number of carboxylic acids is 1. The van der Waals surface area contributed by atoms with E-state index in [-0.39, 0.29) is 39.2 Å². The minimum atomic E-state index is -1.98. The topological polar surface area (TPSA) is 190 Å². The molecule has 13 heteroatoms. The van der Waals surface area contributed by atoms with Gasteiger partial charge in [0.25, 0.3) is 0 Å². The lowest BCUT2D eigenvalue weighted by Gasteiger charge is -2.24. The molecule has 232 valence electrons. The van der Waals surface area contributed by atoms with Crippen LogP contribution in [0.5, 0.6) is 0 Å². The van der Waals surface area contributed by atoms with Crippen molar-refractivity contribution in [2.24, 2.45) is 10.7 Å². The van der Waals surface area contributed by atoms with Crippen molar-refractivity contribution < 1.29 is 43.6 Å². The molecule has 0 heterocycles. The molecule has 0 aliphatic heterocycles. The third-order valence-corrected chi connectivity index (χ3v) is 6.16. The van der Waals surface area contributed by atoms with Crippen LogP contribution in [0.4, 0.5) is 14.4 Å². The summed E-state index contributed by atoms with van der Waals surface area (Å²) in [6, 6.07) is 25.2. The molecule has 0 saturated carbocycles. The highest BCUT2D eigenvalue weighted by Gasteiger charge is 2.29. The van der Waals surface area contributed by atoms with Crippen LogP contribution in [0.25, 0.3) is 0 Å². The van der Waals surface area contributed by atoms with Gasteiger partial charge in [-0.1, -0.05) is 91.0 Å². The third-order valence-electron chi connectivity index (χ3n) is 6.16. The molecule has 0 radical (unpaired) electrons. The molecule has 3 rings (SSSR count). The Bertz CT molecular complexity index is 1390. The van der Waals surface area contributed by atoms with Gasteiger partial charge in [-0.2, -0.15) is 0 Å². The van der Waals surface area contributed by atoms with Gasteiger partial charge in [0.05, 0.1) is 6.04 Å². The number of alkyl carbamates (subject to hydrolysis) is 1. The van der Waals surface area contributed by atoms with Gasteiger partial charge in [0, 0.05) is 6.54 Å². The van der Waals surface area contributed by atoms with Gasteiger partial charge in [-0.25, -0.2) is 24.1 Å². The van der Waals surface area contributed by atoms with Crippen LogP contribution in [-0.2, 0) is 38.8 Å². The zero-order valence-electron chi connectivity index (χ0n) is 23.8. The fourth-order valence-electron chi connectivity index (χ4n) is 3.87. The second-order valence-electron chi connectivity index (χ2n) is 9.44. The molecule has 13 nitrogen and oxygen atoms in total. The minimum absolute atomic E-state index is 0.00366. The first-order valence-electron chi connectivity index (χ1n) is 13.6. The number of aliphatic imine (C=N–C) groups is 1. The molecule has 2 atom stereocenters. The van der Waals surface area contributed by atoms with Crippen molar-refractivity contribution in [3.05, 3.63) is 108 Å². The summed E-state index contributed by atoms with van der Waals surface area (Å²) < 4.78 is 15.6. The SMILES string of the molecule is NC(=NC(=O)OCc1ccccc1)N(CCCC(NC(=O)OCc1ccccc1)C(O)C(=O)O)C(=O)OCc1ccccc1. The number of carboxylic acid groups (broad SMARTS) is 1. The summed E-state index contributed by atoms with van der Waals surface area (Å²) in [4.78, 5) is 53.7. The van der Waals surface area contributed by atoms with E-state index in [0.717, 1.165) is 4.90 Å². The average molecular weight is 607 g/mol. The normalized spacial score (nSPS) is 12.3.